The second-order valence-electron chi connectivity index (χ2n) is 14.5. The van der Waals surface area contributed by atoms with Crippen LogP contribution >= 0.6 is 11.6 Å². The minimum Gasteiger partial charge on any atom is -0.490 e. The molecule has 2 aromatic carbocycles. The van der Waals surface area contributed by atoms with E-state index >= 15 is 0 Å². The van der Waals surface area contributed by atoms with Crippen molar-refractivity contribution in [2.75, 3.05) is 51.4 Å². The highest BCUT2D eigenvalue weighted by Gasteiger charge is 2.46. The summed E-state index contributed by atoms with van der Waals surface area (Å²) in [5, 5.41) is 0.700. The van der Waals surface area contributed by atoms with Crippen molar-refractivity contribution >= 4 is 39.3 Å². The van der Waals surface area contributed by atoms with E-state index in [1.807, 2.05) is 18.2 Å². The van der Waals surface area contributed by atoms with Gasteiger partial charge in [-0.25, -0.2) is 17.9 Å². The number of ether oxygens (including phenoxy) is 4. The van der Waals surface area contributed by atoms with Crippen LogP contribution in [-0.4, -0.2) is 89.6 Å². The Bertz CT molecular complexity index is 1760. The molecule has 11 nitrogen and oxygen atoms in total. The van der Waals surface area contributed by atoms with Crippen LogP contribution in [0.4, 0.5) is 10.5 Å². The molecule has 2 bridgehead atoms. The van der Waals surface area contributed by atoms with Crippen LogP contribution in [-0.2, 0) is 40.9 Å². The number of nitrogens with one attached hydrogen (secondary N) is 1. The number of rotatable bonds is 2. The quantitative estimate of drug-likeness (QED) is 0.436. The predicted octanol–water partition coefficient (Wildman–Crippen LogP) is 4.85. The molecule has 2 fully saturated rings. The molecular formula is C36H44ClN3O8S. The summed E-state index contributed by atoms with van der Waals surface area (Å²) in [5.74, 6) is -0.0406. The molecule has 5 aliphatic rings. The molecule has 2 aliphatic carbocycles. The zero-order valence-corrected chi connectivity index (χ0v) is 29.7. The van der Waals surface area contributed by atoms with Crippen molar-refractivity contribution in [1.29, 1.82) is 0 Å². The summed E-state index contributed by atoms with van der Waals surface area (Å²) in [4.78, 5) is 30.3. The number of methoxy groups -OCH3 is 1. The summed E-state index contributed by atoms with van der Waals surface area (Å²) in [7, 11) is -2.61. The van der Waals surface area contributed by atoms with Gasteiger partial charge in [0.15, 0.2) is 0 Å². The minimum absolute atomic E-state index is 0.00521. The SMILES string of the molecule is COC1CN(C(=O)O[C@H]2C=CCOC(C)(C)C(=O)NS(=O)(=O)c3ccc4c(c3)N(C[C@@H]3CC[C@H]32)C[C@@]2(CCCc3cc(Cl)ccc32)CO4)C1. The molecule has 1 saturated heterocycles. The number of nitrogens with zero attached hydrogens (tertiary/aromatic N) is 2. The van der Waals surface area contributed by atoms with E-state index in [9.17, 15) is 18.0 Å². The molecule has 1 N–H and O–H groups in total. The average Bonchev–Trinajstić information content (AvgIpc) is 3.17. The van der Waals surface area contributed by atoms with Gasteiger partial charge in [0.25, 0.3) is 15.9 Å². The van der Waals surface area contributed by atoms with Crippen LogP contribution in [0.25, 0.3) is 0 Å². The molecule has 7 rings (SSSR count). The topological polar surface area (TPSA) is 124 Å². The maximum atomic E-state index is 13.6. The Labute approximate surface area is 292 Å². The second kappa shape index (κ2) is 13.1. The summed E-state index contributed by atoms with van der Waals surface area (Å²) in [6.07, 6.45) is 7.29. The van der Waals surface area contributed by atoms with Crippen LogP contribution in [0.15, 0.2) is 53.4 Å². The normalized spacial score (nSPS) is 29.3. The highest BCUT2D eigenvalue weighted by atomic mass is 35.5. The third kappa shape index (κ3) is 6.64. The van der Waals surface area contributed by atoms with Crippen LogP contribution in [0.3, 0.4) is 0 Å². The van der Waals surface area contributed by atoms with E-state index in [1.54, 1.807) is 30.2 Å². The first kappa shape index (κ1) is 34.1. The Hall–Kier alpha value is -3.32. The number of fused-ring (bicyclic) bond motifs is 4. The van der Waals surface area contributed by atoms with Crippen molar-refractivity contribution in [3.8, 4) is 5.75 Å². The number of carbonyl (C=O) groups is 2. The summed E-state index contributed by atoms with van der Waals surface area (Å²) in [5.41, 5.74) is 1.24. The number of halogens is 1. The van der Waals surface area contributed by atoms with Crippen molar-refractivity contribution in [3.63, 3.8) is 0 Å². The van der Waals surface area contributed by atoms with Gasteiger partial charge in [-0.2, -0.15) is 0 Å². The van der Waals surface area contributed by atoms with E-state index in [0.717, 1.165) is 32.1 Å². The minimum atomic E-state index is -4.24. The van der Waals surface area contributed by atoms with E-state index in [2.05, 4.69) is 15.7 Å². The second-order valence-corrected chi connectivity index (χ2v) is 16.6. The summed E-state index contributed by atoms with van der Waals surface area (Å²) < 4.78 is 53.4. The number of hydrogen-bond acceptors (Lipinski definition) is 9. The zero-order chi connectivity index (χ0) is 34.6. The molecular weight excluding hydrogens is 670 g/mol. The lowest BCUT2D eigenvalue weighted by Gasteiger charge is -2.46. The van der Waals surface area contributed by atoms with Crippen molar-refractivity contribution in [2.24, 2.45) is 11.8 Å². The fourth-order valence-electron chi connectivity index (χ4n) is 7.81. The Morgan fingerprint density at radius 1 is 1.10 bits per heavy atom. The predicted molar refractivity (Wildman–Crippen MR) is 184 cm³/mol. The van der Waals surface area contributed by atoms with Gasteiger partial charge >= 0.3 is 6.09 Å². The molecule has 0 unspecified atom stereocenters. The van der Waals surface area contributed by atoms with E-state index in [1.165, 1.54) is 31.0 Å². The van der Waals surface area contributed by atoms with Crippen LogP contribution in [0.5, 0.6) is 5.75 Å². The third-order valence-electron chi connectivity index (χ3n) is 11.0. The summed E-state index contributed by atoms with van der Waals surface area (Å²) in [6.45, 7) is 5.65. The maximum Gasteiger partial charge on any atom is 0.410 e. The molecule has 1 spiro atoms. The average molecular weight is 714 g/mol. The van der Waals surface area contributed by atoms with Gasteiger partial charge in [0, 0.05) is 36.6 Å². The monoisotopic (exact) mass is 713 g/mol. The third-order valence-corrected chi connectivity index (χ3v) is 12.6. The molecule has 0 aromatic heterocycles. The van der Waals surface area contributed by atoms with E-state index in [-0.39, 0.29) is 41.0 Å². The Balaban J connectivity index is 1.27. The van der Waals surface area contributed by atoms with Gasteiger partial charge in [-0.1, -0.05) is 23.7 Å². The van der Waals surface area contributed by atoms with Gasteiger partial charge in [0.1, 0.15) is 17.5 Å². The number of aryl methyl sites for hydroxylation is 1. The molecule has 264 valence electrons. The van der Waals surface area contributed by atoms with Gasteiger partial charge in [-0.3, -0.25) is 4.79 Å². The van der Waals surface area contributed by atoms with Gasteiger partial charge in [0.05, 0.1) is 43.0 Å². The van der Waals surface area contributed by atoms with Crippen LogP contribution < -0.4 is 14.4 Å². The first-order valence-corrected chi connectivity index (χ1v) is 18.9. The molecule has 3 aliphatic heterocycles. The van der Waals surface area contributed by atoms with Gasteiger partial charge in [-0.05, 0) is 99.4 Å². The molecule has 2 aromatic rings. The zero-order valence-electron chi connectivity index (χ0n) is 28.2. The molecule has 3 heterocycles. The van der Waals surface area contributed by atoms with E-state index in [0.29, 0.717) is 49.2 Å². The lowest BCUT2D eigenvalue weighted by molar-refractivity contribution is -0.139. The molecule has 0 radical (unpaired) electrons. The van der Waals surface area contributed by atoms with Crippen LogP contribution in [0.2, 0.25) is 5.02 Å². The smallest absolute Gasteiger partial charge is 0.410 e. The van der Waals surface area contributed by atoms with Gasteiger partial charge < -0.3 is 28.7 Å². The number of anilines is 1. The number of amides is 2. The number of carbonyl (C=O) groups excluding carboxylic acids is 2. The summed E-state index contributed by atoms with van der Waals surface area (Å²) >= 11 is 6.43. The van der Waals surface area contributed by atoms with Crippen molar-refractivity contribution in [3.05, 3.63) is 64.7 Å². The van der Waals surface area contributed by atoms with E-state index in [4.69, 9.17) is 30.5 Å². The van der Waals surface area contributed by atoms with Crippen molar-refractivity contribution < 1.29 is 37.0 Å². The van der Waals surface area contributed by atoms with Gasteiger partial charge in [0.2, 0.25) is 0 Å². The number of likely N-dealkylation sites (tertiary alicyclic amines) is 1. The standard InChI is InChI=1S/C36H44ClN3O8S/c1-35(2)33(41)38-49(43,44)27-10-13-32-30(17-27)40(21-36(22-46-32)14-4-6-23-16-25(37)9-12-29(23)36)18-24-8-11-28(24)31(7-5-15-47-35)48-34(42)39-19-26(20-39)45-3/h5,7,9-10,12-13,16-17,24,26,28,31H,4,6,8,11,14-15,18-22H2,1-3H3,(H,38,41)/t24-,28+,31-,36-/m0/s1. The molecule has 2 amide bonds. The van der Waals surface area contributed by atoms with Crippen molar-refractivity contribution in [2.45, 2.75) is 74.1 Å². The Morgan fingerprint density at radius 2 is 1.92 bits per heavy atom. The van der Waals surface area contributed by atoms with E-state index < -0.39 is 27.6 Å². The lowest BCUT2D eigenvalue weighted by Crippen LogP contribution is -2.56. The number of benzene rings is 2. The highest BCUT2D eigenvalue weighted by molar-refractivity contribution is 7.90. The largest absolute Gasteiger partial charge is 0.490 e. The first-order valence-electron chi connectivity index (χ1n) is 17.0. The van der Waals surface area contributed by atoms with Crippen LogP contribution in [0.1, 0.15) is 50.7 Å². The first-order chi connectivity index (χ1) is 23.4. The maximum absolute atomic E-state index is 13.6. The fourth-order valence-corrected chi connectivity index (χ4v) is 9.13. The summed E-state index contributed by atoms with van der Waals surface area (Å²) in [6, 6.07) is 10.9. The van der Waals surface area contributed by atoms with Gasteiger partial charge in [-0.15, -0.1) is 0 Å². The molecule has 1 saturated carbocycles. The Kier molecular flexibility index (Phi) is 9.13. The van der Waals surface area contributed by atoms with Crippen LogP contribution in [0, 0.1) is 11.8 Å². The highest BCUT2D eigenvalue weighted by Crippen LogP contribution is 2.47. The fraction of sp³-hybridized carbons (Fsp3) is 0.556. The Morgan fingerprint density at radius 3 is 2.67 bits per heavy atom. The van der Waals surface area contributed by atoms with Crippen molar-refractivity contribution in [1.82, 2.24) is 9.62 Å². The molecule has 49 heavy (non-hydrogen) atoms. The lowest BCUT2D eigenvalue weighted by atomic mass is 9.68. The number of hydrogen-bond donors (Lipinski definition) is 1. The molecule has 13 heteroatoms. The molecule has 4 atom stereocenters. The number of sulfonamides is 1.